The van der Waals surface area contributed by atoms with E-state index in [4.69, 9.17) is 4.74 Å². The van der Waals surface area contributed by atoms with Crippen LogP contribution in [0.3, 0.4) is 0 Å². The third-order valence-electron chi connectivity index (χ3n) is 2.38. The molecule has 1 N–H and O–H groups in total. The molecule has 0 radical (unpaired) electrons. The van der Waals surface area contributed by atoms with E-state index >= 15 is 0 Å². The van der Waals surface area contributed by atoms with Crippen molar-refractivity contribution in [3.63, 3.8) is 0 Å². The van der Waals surface area contributed by atoms with E-state index in [1.165, 1.54) is 0 Å². The minimum atomic E-state index is -0.426. The first-order valence-electron chi connectivity index (χ1n) is 5.42. The molecule has 0 saturated heterocycles. The third-order valence-corrected chi connectivity index (χ3v) is 3.00. The molecule has 1 aromatic carbocycles. The molecule has 18 heavy (non-hydrogen) atoms. The van der Waals surface area contributed by atoms with Crippen LogP contribution >= 0.6 is 15.9 Å². The molecule has 0 bridgehead atoms. The maximum atomic E-state index is 11.4. The van der Waals surface area contributed by atoms with Crippen LogP contribution in [0.15, 0.2) is 32.0 Å². The maximum absolute atomic E-state index is 11.4. The Balaban J connectivity index is 2.49. The third kappa shape index (κ3) is 2.56. The van der Waals surface area contributed by atoms with E-state index in [9.17, 15) is 4.79 Å². The molecule has 0 aliphatic carbocycles. The number of nitrogens with one attached hydrogen (secondary N) is 1. The predicted octanol–water partition coefficient (Wildman–Crippen LogP) is 1.37. The molecule has 0 aliphatic heterocycles. The number of H-pyrrole nitrogens is 1. The van der Waals surface area contributed by atoms with E-state index in [0.717, 1.165) is 15.8 Å². The highest BCUT2D eigenvalue weighted by molar-refractivity contribution is 9.10. The molecule has 2 aromatic rings. The summed E-state index contributed by atoms with van der Waals surface area (Å²) in [4.78, 5) is 11.4. The smallest absolute Gasteiger partial charge is 0.365 e. The fourth-order valence-corrected chi connectivity index (χ4v) is 2.04. The Morgan fingerprint density at radius 2 is 2.33 bits per heavy atom. The van der Waals surface area contributed by atoms with Crippen LogP contribution in [-0.2, 0) is 0 Å². The van der Waals surface area contributed by atoms with Crippen LogP contribution in [-0.4, -0.2) is 11.8 Å². The normalized spacial score (nSPS) is 11.8. The van der Waals surface area contributed by atoms with Gasteiger partial charge in [-0.25, -0.2) is 9.95 Å². The van der Waals surface area contributed by atoms with Crippen LogP contribution in [0.5, 0.6) is 5.75 Å². The number of aromatic nitrogens is 1. The first-order chi connectivity index (χ1) is 8.61. The molecule has 0 aliphatic rings. The van der Waals surface area contributed by atoms with Gasteiger partial charge in [0.15, 0.2) is 0 Å². The Labute approximate surface area is 112 Å². The van der Waals surface area contributed by atoms with E-state index in [1.807, 2.05) is 25.1 Å². The number of halogens is 1. The van der Waals surface area contributed by atoms with Gasteiger partial charge in [0.25, 0.3) is 0 Å². The number of aromatic amines is 1. The molecule has 94 valence electrons. The topological polar surface area (TPSA) is 55.2 Å². The Morgan fingerprint density at radius 3 is 2.89 bits per heavy atom. The first-order valence-corrected chi connectivity index (χ1v) is 6.21. The standard InChI is InChI=1S/C13H12BrNO3/c1-3-17-12-5-4-9(7-11(12)14)6-10-8(2)15-18-13(10)16/h4-7,15H,2-3H2,1H3. The molecule has 0 amide bonds. The van der Waals surface area contributed by atoms with Crippen molar-refractivity contribution in [3.8, 4) is 5.75 Å². The Hall–Kier alpha value is -1.75. The maximum Gasteiger partial charge on any atom is 0.365 e. The molecule has 0 spiro atoms. The zero-order valence-electron chi connectivity index (χ0n) is 9.83. The molecule has 5 heteroatoms. The van der Waals surface area contributed by atoms with Gasteiger partial charge in [0.05, 0.1) is 21.6 Å². The lowest BCUT2D eigenvalue weighted by Gasteiger charge is -2.05. The van der Waals surface area contributed by atoms with Gasteiger partial charge in [0.2, 0.25) is 0 Å². The molecule has 0 saturated carbocycles. The van der Waals surface area contributed by atoms with Crippen LogP contribution in [0.25, 0.3) is 12.7 Å². The highest BCUT2D eigenvalue weighted by atomic mass is 79.9. The van der Waals surface area contributed by atoms with Gasteiger partial charge in [-0.05, 0) is 46.6 Å². The van der Waals surface area contributed by atoms with Gasteiger partial charge in [0.1, 0.15) is 5.75 Å². The van der Waals surface area contributed by atoms with E-state index < -0.39 is 5.63 Å². The van der Waals surface area contributed by atoms with Crippen LogP contribution in [0.1, 0.15) is 12.5 Å². The SMILES string of the molecule is C=c1[nH]oc(=O)c1=Cc1ccc(OCC)c(Br)c1. The van der Waals surface area contributed by atoms with Crippen molar-refractivity contribution in [1.29, 1.82) is 0 Å². The van der Waals surface area contributed by atoms with E-state index in [2.05, 4.69) is 32.2 Å². The van der Waals surface area contributed by atoms with Crippen molar-refractivity contribution in [2.24, 2.45) is 0 Å². The summed E-state index contributed by atoms with van der Waals surface area (Å²) in [6, 6.07) is 5.58. The number of rotatable bonds is 3. The molecule has 0 fully saturated rings. The average Bonchev–Trinajstić information content (AvgIpc) is 2.65. The second kappa shape index (κ2) is 5.27. The Kier molecular flexibility index (Phi) is 3.72. The summed E-state index contributed by atoms with van der Waals surface area (Å²) in [5.41, 5.74) is 0.437. The molecule has 1 heterocycles. The van der Waals surface area contributed by atoms with E-state index in [0.29, 0.717) is 17.2 Å². The molecular weight excluding hydrogens is 298 g/mol. The van der Waals surface area contributed by atoms with Crippen molar-refractivity contribution < 1.29 is 9.26 Å². The van der Waals surface area contributed by atoms with Crippen molar-refractivity contribution in [2.45, 2.75) is 6.92 Å². The predicted molar refractivity (Wildman–Crippen MR) is 73.0 cm³/mol. The molecular formula is C13H12BrNO3. The lowest BCUT2D eigenvalue weighted by molar-refractivity contribution is 0.338. The van der Waals surface area contributed by atoms with Gasteiger partial charge in [-0.2, -0.15) is 0 Å². The summed E-state index contributed by atoms with van der Waals surface area (Å²) in [5, 5.41) is 3.32. The summed E-state index contributed by atoms with van der Waals surface area (Å²) in [7, 11) is 0. The fourth-order valence-electron chi connectivity index (χ4n) is 1.53. The highest BCUT2D eigenvalue weighted by Gasteiger charge is 2.02. The minimum absolute atomic E-state index is 0.422. The quantitative estimate of drug-likeness (QED) is 0.931. The summed E-state index contributed by atoms with van der Waals surface area (Å²) in [6.45, 7) is 6.22. The number of hydrogen-bond donors (Lipinski definition) is 1. The second-order valence-electron chi connectivity index (χ2n) is 3.65. The fraction of sp³-hybridized carbons (Fsp3) is 0.154. The van der Waals surface area contributed by atoms with Gasteiger partial charge in [0, 0.05) is 0 Å². The van der Waals surface area contributed by atoms with E-state index in [1.54, 1.807) is 6.08 Å². The number of benzene rings is 1. The Morgan fingerprint density at radius 1 is 1.56 bits per heavy atom. The van der Waals surface area contributed by atoms with Crippen LogP contribution in [0.2, 0.25) is 0 Å². The molecule has 0 atom stereocenters. The molecule has 0 unspecified atom stereocenters. The lowest BCUT2D eigenvalue weighted by atomic mass is 10.2. The zero-order chi connectivity index (χ0) is 13.1. The van der Waals surface area contributed by atoms with Gasteiger partial charge in [-0.15, -0.1) is 0 Å². The van der Waals surface area contributed by atoms with E-state index in [-0.39, 0.29) is 0 Å². The van der Waals surface area contributed by atoms with Gasteiger partial charge in [-0.1, -0.05) is 12.6 Å². The van der Waals surface area contributed by atoms with Gasteiger partial charge >= 0.3 is 5.63 Å². The van der Waals surface area contributed by atoms with Crippen molar-refractivity contribution in [3.05, 3.63) is 49.2 Å². The molecule has 2 rings (SSSR count). The number of ether oxygens (including phenoxy) is 1. The van der Waals surface area contributed by atoms with Crippen molar-refractivity contribution >= 4 is 28.6 Å². The van der Waals surface area contributed by atoms with Crippen LogP contribution < -0.4 is 20.9 Å². The highest BCUT2D eigenvalue weighted by Crippen LogP contribution is 2.26. The van der Waals surface area contributed by atoms with Crippen molar-refractivity contribution in [2.75, 3.05) is 6.61 Å². The largest absolute Gasteiger partial charge is 0.493 e. The van der Waals surface area contributed by atoms with Crippen LogP contribution in [0.4, 0.5) is 0 Å². The summed E-state index contributed by atoms with van der Waals surface area (Å²) in [6.07, 6.45) is 1.71. The Bertz CT molecular complexity index is 684. The molecule has 4 nitrogen and oxygen atoms in total. The summed E-state index contributed by atoms with van der Waals surface area (Å²) >= 11 is 3.42. The zero-order valence-corrected chi connectivity index (χ0v) is 11.4. The average molecular weight is 310 g/mol. The van der Waals surface area contributed by atoms with Gasteiger partial charge < -0.3 is 9.26 Å². The monoisotopic (exact) mass is 309 g/mol. The van der Waals surface area contributed by atoms with Crippen LogP contribution in [0, 0.1) is 0 Å². The second-order valence-corrected chi connectivity index (χ2v) is 4.51. The van der Waals surface area contributed by atoms with Crippen molar-refractivity contribution in [1.82, 2.24) is 5.16 Å². The minimum Gasteiger partial charge on any atom is -0.493 e. The lowest BCUT2D eigenvalue weighted by Crippen LogP contribution is -2.31. The molecule has 1 aromatic heterocycles. The summed E-state index contributed by atoms with van der Waals surface area (Å²) < 4.78 is 10.9. The number of hydrogen-bond acceptors (Lipinski definition) is 3. The first kappa shape index (κ1) is 12.7. The summed E-state index contributed by atoms with van der Waals surface area (Å²) in [5.74, 6) is 0.769. The van der Waals surface area contributed by atoms with Gasteiger partial charge in [-0.3, -0.25) is 0 Å².